The van der Waals surface area contributed by atoms with Crippen molar-refractivity contribution in [2.75, 3.05) is 0 Å². The van der Waals surface area contributed by atoms with E-state index in [0.29, 0.717) is 16.5 Å². The van der Waals surface area contributed by atoms with Gasteiger partial charge in [0.2, 0.25) is 5.91 Å². The lowest BCUT2D eigenvalue weighted by atomic mass is 10.0. The number of amides is 1. The second-order valence-corrected chi connectivity index (χ2v) is 5.91. The number of hydrogen-bond donors (Lipinski definition) is 0. The summed E-state index contributed by atoms with van der Waals surface area (Å²) in [5.74, 6) is 0.0553. The molecule has 1 aliphatic rings. The minimum Gasteiger partial charge on any atom is -0.273 e. The molecule has 20 heavy (non-hydrogen) atoms. The maximum atomic E-state index is 12.3. The Morgan fingerprint density at radius 3 is 2.85 bits per heavy atom. The highest BCUT2D eigenvalue weighted by Crippen LogP contribution is 2.36. The van der Waals surface area contributed by atoms with Gasteiger partial charge in [0, 0.05) is 28.6 Å². The quantitative estimate of drug-likeness (QED) is 0.783. The Morgan fingerprint density at radius 2 is 2.20 bits per heavy atom. The van der Waals surface area contributed by atoms with E-state index in [9.17, 15) is 4.79 Å². The molecule has 0 fully saturated rings. The van der Waals surface area contributed by atoms with Gasteiger partial charge in [0.05, 0.1) is 6.04 Å². The second kappa shape index (κ2) is 6.59. The molecule has 0 saturated carbocycles. The minimum absolute atomic E-state index is 0.0553. The molecular formula is C15H18Cl2N2O. The zero-order valence-electron chi connectivity index (χ0n) is 11.7. The van der Waals surface area contributed by atoms with Gasteiger partial charge in [-0.05, 0) is 31.0 Å². The van der Waals surface area contributed by atoms with E-state index in [0.717, 1.165) is 30.5 Å². The number of benzene rings is 1. The summed E-state index contributed by atoms with van der Waals surface area (Å²) in [6.45, 7) is 4.00. The van der Waals surface area contributed by atoms with Gasteiger partial charge in [0.1, 0.15) is 0 Å². The number of nitrogens with zero attached hydrogens (tertiary/aromatic N) is 2. The van der Waals surface area contributed by atoms with Gasteiger partial charge >= 0.3 is 0 Å². The summed E-state index contributed by atoms with van der Waals surface area (Å²) in [7, 11) is 0. The third-order valence-electron chi connectivity index (χ3n) is 3.38. The topological polar surface area (TPSA) is 32.7 Å². The summed E-state index contributed by atoms with van der Waals surface area (Å²) in [6.07, 6.45) is 3.12. The first-order valence-corrected chi connectivity index (χ1v) is 7.59. The molecule has 0 N–H and O–H groups in total. The van der Waals surface area contributed by atoms with E-state index < -0.39 is 0 Å². The Kier molecular flexibility index (Phi) is 5.06. The first-order valence-electron chi connectivity index (χ1n) is 6.84. The average molecular weight is 313 g/mol. The second-order valence-electron chi connectivity index (χ2n) is 5.06. The Balaban J connectivity index is 2.24. The number of hydrazone groups is 1. The molecule has 1 heterocycles. The Bertz CT molecular complexity index is 543. The molecule has 108 valence electrons. The first kappa shape index (κ1) is 15.3. The minimum atomic E-state index is -0.107. The summed E-state index contributed by atoms with van der Waals surface area (Å²) in [6, 6.07) is 5.28. The van der Waals surface area contributed by atoms with E-state index in [1.54, 1.807) is 17.1 Å². The van der Waals surface area contributed by atoms with Crippen LogP contribution >= 0.6 is 23.2 Å². The maximum Gasteiger partial charge on any atom is 0.243 e. The molecule has 2 rings (SSSR count). The Morgan fingerprint density at radius 1 is 1.45 bits per heavy atom. The van der Waals surface area contributed by atoms with Crippen LogP contribution in [0.15, 0.2) is 23.3 Å². The molecule has 0 radical (unpaired) electrons. The lowest BCUT2D eigenvalue weighted by molar-refractivity contribution is -0.133. The lowest BCUT2D eigenvalue weighted by Crippen LogP contribution is -2.27. The summed E-state index contributed by atoms with van der Waals surface area (Å²) >= 11 is 12.2. The van der Waals surface area contributed by atoms with E-state index >= 15 is 0 Å². The zero-order valence-corrected chi connectivity index (χ0v) is 13.2. The van der Waals surface area contributed by atoms with Gasteiger partial charge in [-0.25, -0.2) is 5.01 Å². The van der Waals surface area contributed by atoms with Gasteiger partial charge in [-0.2, -0.15) is 5.10 Å². The number of rotatable bonds is 4. The van der Waals surface area contributed by atoms with Crippen molar-refractivity contribution in [1.82, 2.24) is 5.01 Å². The summed E-state index contributed by atoms with van der Waals surface area (Å²) in [5, 5.41) is 7.13. The van der Waals surface area contributed by atoms with E-state index in [2.05, 4.69) is 12.0 Å². The van der Waals surface area contributed by atoms with Crippen molar-refractivity contribution in [3.8, 4) is 0 Å². The number of hydrogen-bond acceptors (Lipinski definition) is 2. The maximum absolute atomic E-state index is 12.3. The number of halogens is 2. The van der Waals surface area contributed by atoms with Crippen LogP contribution in [-0.4, -0.2) is 16.6 Å². The predicted molar refractivity (Wildman–Crippen MR) is 83.3 cm³/mol. The van der Waals surface area contributed by atoms with Crippen LogP contribution in [0.2, 0.25) is 10.0 Å². The average Bonchev–Trinajstić information content (AvgIpc) is 2.78. The predicted octanol–water partition coefficient (Wildman–Crippen LogP) is 4.83. The smallest absolute Gasteiger partial charge is 0.243 e. The molecular weight excluding hydrogens is 295 g/mol. The highest BCUT2D eigenvalue weighted by Gasteiger charge is 2.31. The van der Waals surface area contributed by atoms with Gasteiger partial charge in [0.25, 0.3) is 0 Å². The van der Waals surface area contributed by atoms with Gasteiger partial charge in [-0.3, -0.25) is 4.79 Å². The first-order chi connectivity index (χ1) is 9.52. The normalized spacial score (nSPS) is 18.3. The molecule has 5 heteroatoms. The summed E-state index contributed by atoms with van der Waals surface area (Å²) in [5.41, 5.74) is 1.85. The van der Waals surface area contributed by atoms with Crippen LogP contribution in [-0.2, 0) is 4.79 Å². The molecule has 0 bridgehead atoms. The van der Waals surface area contributed by atoms with Gasteiger partial charge in [-0.1, -0.05) is 42.6 Å². The van der Waals surface area contributed by atoms with E-state index in [1.807, 2.05) is 13.0 Å². The fourth-order valence-electron chi connectivity index (χ4n) is 2.35. The van der Waals surface area contributed by atoms with E-state index in [4.69, 9.17) is 23.2 Å². The summed E-state index contributed by atoms with van der Waals surface area (Å²) < 4.78 is 0. The van der Waals surface area contributed by atoms with Crippen molar-refractivity contribution >= 4 is 34.8 Å². The van der Waals surface area contributed by atoms with Crippen LogP contribution in [0.3, 0.4) is 0 Å². The molecule has 0 aliphatic carbocycles. The SMILES string of the molecule is CCCCC(=O)N1N=C(C)CC1c1ccc(Cl)cc1Cl. The van der Waals surface area contributed by atoms with E-state index in [1.165, 1.54) is 0 Å². The fourth-order valence-corrected chi connectivity index (χ4v) is 2.88. The Labute approximate surface area is 129 Å². The van der Waals surface area contributed by atoms with Crippen LogP contribution in [0.25, 0.3) is 0 Å². The van der Waals surface area contributed by atoms with Crippen molar-refractivity contribution < 1.29 is 4.79 Å². The van der Waals surface area contributed by atoms with Gasteiger partial charge in [-0.15, -0.1) is 0 Å². The largest absolute Gasteiger partial charge is 0.273 e. The highest BCUT2D eigenvalue weighted by molar-refractivity contribution is 6.35. The molecule has 1 amide bonds. The van der Waals surface area contributed by atoms with Gasteiger partial charge in [0.15, 0.2) is 0 Å². The molecule has 1 atom stereocenters. The molecule has 0 aromatic heterocycles. The standard InChI is InChI=1S/C15H18Cl2N2O/c1-3-4-5-15(20)19-14(8-10(2)18-19)12-7-6-11(16)9-13(12)17/h6-7,9,14H,3-5,8H2,1-2H3. The molecule has 1 aromatic carbocycles. The third-order valence-corrected chi connectivity index (χ3v) is 3.95. The Hall–Kier alpha value is -1.06. The summed E-state index contributed by atoms with van der Waals surface area (Å²) in [4.78, 5) is 12.3. The molecule has 1 aliphatic heterocycles. The fraction of sp³-hybridized carbons (Fsp3) is 0.467. The van der Waals surface area contributed by atoms with Crippen LogP contribution < -0.4 is 0 Å². The molecule has 0 spiro atoms. The van der Waals surface area contributed by atoms with Crippen molar-refractivity contribution in [3.63, 3.8) is 0 Å². The molecule has 0 saturated heterocycles. The lowest BCUT2D eigenvalue weighted by Gasteiger charge is -2.23. The molecule has 1 aromatic rings. The van der Waals surface area contributed by atoms with Crippen LogP contribution in [0.4, 0.5) is 0 Å². The van der Waals surface area contributed by atoms with Crippen LogP contribution in [0.5, 0.6) is 0 Å². The van der Waals surface area contributed by atoms with Gasteiger partial charge < -0.3 is 0 Å². The third kappa shape index (κ3) is 3.33. The molecule has 1 unspecified atom stereocenters. The highest BCUT2D eigenvalue weighted by atomic mass is 35.5. The molecule has 3 nitrogen and oxygen atoms in total. The number of carbonyl (C=O) groups is 1. The van der Waals surface area contributed by atoms with Crippen molar-refractivity contribution in [1.29, 1.82) is 0 Å². The van der Waals surface area contributed by atoms with Crippen LogP contribution in [0, 0.1) is 0 Å². The number of unbranched alkanes of at least 4 members (excludes halogenated alkanes) is 1. The van der Waals surface area contributed by atoms with Crippen molar-refractivity contribution in [3.05, 3.63) is 33.8 Å². The zero-order chi connectivity index (χ0) is 14.7. The van der Waals surface area contributed by atoms with Crippen molar-refractivity contribution in [2.45, 2.75) is 45.6 Å². The van der Waals surface area contributed by atoms with Crippen molar-refractivity contribution in [2.24, 2.45) is 5.10 Å². The monoisotopic (exact) mass is 312 g/mol. The van der Waals surface area contributed by atoms with E-state index in [-0.39, 0.29) is 11.9 Å². The number of carbonyl (C=O) groups excluding carboxylic acids is 1. The van der Waals surface area contributed by atoms with Crippen LogP contribution in [0.1, 0.15) is 51.1 Å².